The number of ether oxygens (including phenoxy) is 2. The van der Waals surface area contributed by atoms with Crippen LogP contribution >= 0.6 is 0 Å². The molecule has 0 unspecified atom stereocenters. The SMILES string of the molecule is COc1cc(/C=N/NS(=O)(=O)c2ccc(C)cc2)ccc1OC(F)F. The summed E-state index contributed by atoms with van der Waals surface area (Å²) in [5.74, 6) is -0.0551. The van der Waals surface area contributed by atoms with Crippen LogP contribution in [-0.4, -0.2) is 28.4 Å². The molecule has 9 heteroatoms. The van der Waals surface area contributed by atoms with E-state index in [-0.39, 0.29) is 16.4 Å². The minimum atomic E-state index is -3.79. The molecular weight excluding hydrogens is 354 g/mol. The van der Waals surface area contributed by atoms with Crippen molar-refractivity contribution in [3.05, 3.63) is 53.6 Å². The van der Waals surface area contributed by atoms with Gasteiger partial charge in [0.1, 0.15) is 0 Å². The molecule has 0 aliphatic rings. The first-order chi connectivity index (χ1) is 11.8. The molecule has 0 radical (unpaired) electrons. The van der Waals surface area contributed by atoms with Crippen LogP contribution in [0.25, 0.3) is 0 Å². The third-order valence-electron chi connectivity index (χ3n) is 3.12. The largest absolute Gasteiger partial charge is 0.493 e. The lowest BCUT2D eigenvalue weighted by Gasteiger charge is -2.10. The van der Waals surface area contributed by atoms with Crippen molar-refractivity contribution in [3.63, 3.8) is 0 Å². The van der Waals surface area contributed by atoms with Gasteiger partial charge in [0.15, 0.2) is 11.5 Å². The van der Waals surface area contributed by atoms with E-state index in [2.05, 4.69) is 14.7 Å². The number of hydrogen-bond acceptors (Lipinski definition) is 5. The lowest BCUT2D eigenvalue weighted by atomic mass is 10.2. The quantitative estimate of drug-likeness (QED) is 0.601. The Bertz CT molecular complexity index is 853. The summed E-state index contributed by atoms with van der Waals surface area (Å²) >= 11 is 0. The Balaban J connectivity index is 2.12. The van der Waals surface area contributed by atoms with Crippen molar-refractivity contribution in [1.82, 2.24) is 4.83 Å². The number of sulfonamides is 1. The van der Waals surface area contributed by atoms with Crippen molar-refractivity contribution in [2.75, 3.05) is 7.11 Å². The van der Waals surface area contributed by atoms with E-state index in [1.165, 1.54) is 43.7 Å². The van der Waals surface area contributed by atoms with Gasteiger partial charge in [-0.3, -0.25) is 0 Å². The van der Waals surface area contributed by atoms with Crippen molar-refractivity contribution in [3.8, 4) is 11.5 Å². The Morgan fingerprint density at radius 1 is 1.12 bits per heavy atom. The lowest BCUT2D eigenvalue weighted by molar-refractivity contribution is -0.0512. The molecule has 6 nitrogen and oxygen atoms in total. The molecule has 25 heavy (non-hydrogen) atoms. The van der Waals surface area contributed by atoms with E-state index >= 15 is 0 Å². The summed E-state index contributed by atoms with van der Waals surface area (Å²) < 4.78 is 58.0. The molecule has 134 valence electrons. The number of hydrazone groups is 1. The van der Waals surface area contributed by atoms with Crippen molar-refractivity contribution < 1.29 is 26.7 Å². The number of nitrogens with zero attached hydrogens (tertiary/aromatic N) is 1. The maximum atomic E-state index is 12.3. The molecular formula is C16H16F2N2O4S. The molecule has 0 fully saturated rings. The number of nitrogens with one attached hydrogen (secondary N) is 1. The van der Waals surface area contributed by atoms with Crippen LogP contribution in [0.5, 0.6) is 11.5 Å². The number of alkyl halides is 2. The fraction of sp³-hybridized carbons (Fsp3) is 0.188. The second-order valence-electron chi connectivity index (χ2n) is 4.95. The predicted molar refractivity (Wildman–Crippen MR) is 88.7 cm³/mol. The highest BCUT2D eigenvalue weighted by Gasteiger charge is 2.12. The Hall–Kier alpha value is -2.68. The lowest BCUT2D eigenvalue weighted by Crippen LogP contribution is -2.18. The van der Waals surface area contributed by atoms with Crippen LogP contribution in [0.15, 0.2) is 52.5 Å². The number of halogens is 2. The molecule has 0 amide bonds. The van der Waals surface area contributed by atoms with Crippen LogP contribution in [0, 0.1) is 6.92 Å². The highest BCUT2D eigenvalue weighted by Crippen LogP contribution is 2.28. The highest BCUT2D eigenvalue weighted by atomic mass is 32.2. The van der Waals surface area contributed by atoms with Crippen LogP contribution in [0.3, 0.4) is 0 Å². The molecule has 0 spiro atoms. The fourth-order valence-electron chi connectivity index (χ4n) is 1.90. The Labute approximate surface area is 144 Å². The first kappa shape index (κ1) is 18.7. The molecule has 2 rings (SSSR count). The molecule has 0 saturated heterocycles. The summed E-state index contributed by atoms with van der Waals surface area (Å²) in [6, 6.07) is 10.4. The smallest absolute Gasteiger partial charge is 0.387 e. The van der Waals surface area contributed by atoms with Gasteiger partial charge in [0.2, 0.25) is 0 Å². The van der Waals surface area contributed by atoms with E-state index < -0.39 is 16.6 Å². The molecule has 0 heterocycles. The average molecular weight is 370 g/mol. The maximum Gasteiger partial charge on any atom is 0.387 e. The van der Waals surface area contributed by atoms with Gasteiger partial charge < -0.3 is 9.47 Å². The van der Waals surface area contributed by atoms with Gasteiger partial charge >= 0.3 is 6.61 Å². The Morgan fingerprint density at radius 2 is 1.80 bits per heavy atom. The van der Waals surface area contributed by atoms with E-state index in [0.29, 0.717) is 5.56 Å². The van der Waals surface area contributed by atoms with Gasteiger partial charge in [-0.1, -0.05) is 17.7 Å². The third-order valence-corrected chi connectivity index (χ3v) is 4.36. The standard InChI is InChI=1S/C16H16F2N2O4S/c1-11-3-6-13(7-4-11)25(21,22)20-19-10-12-5-8-14(24-16(17)18)15(9-12)23-2/h3-10,16,20H,1-2H3/b19-10+. The molecule has 0 atom stereocenters. The third kappa shape index (κ3) is 5.15. The van der Waals surface area contributed by atoms with Crippen LogP contribution < -0.4 is 14.3 Å². The molecule has 0 aliphatic carbocycles. The molecule has 0 aromatic heterocycles. The Morgan fingerprint density at radius 3 is 2.40 bits per heavy atom. The number of methoxy groups -OCH3 is 1. The zero-order valence-electron chi connectivity index (χ0n) is 13.4. The average Bonchev–Trinajstić information content (AvgIpc) is 2.56. The summed E-state index contributed by atoms with van der Waals surface area (Å²) in [6.07, 6.45) is 1.22. The molecule has 0 bridgehead atoms. The molecule has 0 aliphatic heterocycles. The van der Waals surface area contributed by atoms with E-state index in [1.807, 2.05) is 6.92 Å². The number of aryl methyl sites for hydroxylation is 1. The summed E-state index contributed by atoms with van der Waals surface area (Å²) in [6.45, 7) is -1.13. The van der Waals surface area contributed by atoms with Gasteiger partial charge in [-0.05, 0) is 42.8 Å². The maximum absolute atomic E-state index is 12.3. The van der Waals surface area contributed by atoms with Gasteiger partial charge in [0, 0.05) is 0 Å². The fourth-order valence-corrected chi connectivity index (χ4v) is 2.69. The van der Waals surface area contributed by atoms with Crippen molar-refractivity contribution in [2.24, 2.45) is 5.10 Å². The summed E-state index contributed by atoms with van der Waals surface area (Å²) in [5.41, 5.74) is 1.37. The van der Waals surface area contributed by atoms with Crippen molar-refractivity contribution >= 4 is 16.2 Å². The monoisotopic (exact) mass is 370 g/mol. The van der Waals surface area contributed by atoms with E-state index in [0.717, 1.165) is 5.56 Å². The van der Waals surface area contributed by atoms with Crippen molar-refractivity contribution in [1.29, 1.82) is 0 Å². The van der Waals surface area contributed by atoms with Crippen LogP contribution in [0.2, 0.25) is 0 Å². The van der Waals surface area contributed by atoms with Crippen molar-refractivity contribution in [2.45, 2.75) is 18.4 Å². The van der Waals surface area contributed by atoms with Gasteiger partial charge in [0.25, 0.3) is 10.0 Å². The van der Waals surface area contributed by atoms with Gasteiger partial charge in [-0.2, -0.15) is 22.3 Å². The van der Waals surface area contributed by atoms with Crippen LogP contribution in [0.1, 0.15) is 11.1 Å². The predicted octanol–water partition coefficient (Wildman–Crippen LogP) is 2.92. The first-order valence-corrected chi connectivity index (χ1v) is 8.54. The highest BCUT2D eigenvalue weighted by molar-refractivity contribution is 7.89. The minimum Gasteiger partial charge on any atom is -0.493 e. The van der Waals surface area contributed by atoms with Crippen LogP contribution in [0.4, 0.5) is 8.78 Å². The second kappa shape index (κ2) is 7.93. The summed E-state index contributed by atoms with van der Waals surface area (Å²) in [4.78, 5) is 2.15. The first-order valence-electron chi connectivity index (χ1n) is 7.06. The minimum absolute atomic E-state index is 0.0747. The van der Waals surface area contributed by atoms with Gasteiger partial charge in [-0.15, -0.1) is 0 Å². The number of hydrogen-bond donors (Lipinski definition) is 1. The topological polar surface area (TPSA) is 77.0 Å². The molecule has 2 aromatic carbocycles. The summed E-state index contributed by atoms with van der Waals surface area (Å²) in [7, 11) is -2.49. The normalized spacial score (nSPS) is 11.7. The zero-order valence-corrected chi connectivity index (χ0v) is 14.3. The van der Waals surface area contributed by atoms with E-state index in [4.69, 9.17) is 4.74 Å². The summed E-state index contributed by atoms with van der Waals surface area (Å²) in [5, 5.41) is 3.67. The van der Waals surface area contributed by atoms with Crippen LogP contribution in [-0.2, 0) is 10.0 Å². The zero-order chi connectivity index (χ0) is 18.4. The van der Waals surface area contributed by atoms with Gasteiger partial charge in [-0.25, -0.2) is 4.83 Å². The second-order valence-corrected chi connectivity index (χ2v) is 6.62. The molecule has 1 N–H and O–H groups in total. The molecule has 0 saturated carbocycles. The molecule has 2 aromatic rings. The Kier molecular flexibility index (Phi) is 5.92. The van der Waals surface area contributed by atoms with Gasteiger partial charge in [0.05, 0.1) is 18.2 Å². The number of rotatable bonds is 7. The van der Waals surface area contributed by atoms with E-state index in [9.17, 15) is 17.2 Å². The van der Waals surface area contributed by atoms with E-state index in [1.54, 1.807) is 12.1 Å². The number of benzene rings is 2.